The van der Waals surface area contributed by atoms with Gasteiger partial charge in [0.25, 0.3) is 17.9 Å². The number of hydrogen-bond acceptors (Lipinski definition) is 11. The highest BCUT2D eigenvalue weighted by molar-refractivity contribution is 5.97. The van der Waals surface area contributed by atoms with Crippen molar-refractivity contribution >= 4 is 41.6 Å². The van der Waals surface area contributed by atoms with Crippen LogP contribution < -0.4 is 33.0 Å². The highest BCUT2D eigenvalue weighted by atomic mass is 19.4. The molecule has 0 aliphatic rings. The van der Waals surface area contributed by atoms with E-state index in [0.717, 1.165) is 5.56 Å². The Morgan fingerprint density at radius 3 is 1.96 bits per heavy atom. The lowest BCUT2D eigenvalue weighted by atomic mass is 10.0. The van der Waals surface area contributed by atoms with Gasteiger partial charge in [-0.2, -0.15) is 26.3 Å². The molecule has 3 rings (SSSR count). The number of nitrogen functional groups attached to an aromatic ring is 2. The number of aromatic nitrogens is 2. The predicted molar refractivity (Wildman–Crippen MR) is 186 cm³/mol. The Morgan fingerprint density at radius 1 is 1.02 bits per heavy atom. The number of carboxylic acids is 1. The summed E-state index contributed by atoms with van der Waals surface area (Å²) < 4.78 is 62.0. The third kappa shape index (κ3) is 17.9. The molecule has 55 heavy (non-hydrogen) atoms. The third-order valence-electron chi connectivity index (χ3n) is 6.41. The van der Waals surface area contributed by atoms with Crippen LogP contribution in [0.3, 0.4) is 0 Å². The van der Waals surface area contributed by atoms with E-state index >= 15 is 0 Å². The highest BCUT2D eigenvalue weighted by Gasteiger charge is 2.38. The third-order valence-corrected chi connectivity index (χ3v) is 6.41. The molecule has 2 aromatic carbocycles. The highest BCUT2D eigenvalue weighted by Crippen LogP contribution is 2.24. The molecule has 1 heterocycles. The molecule has 2 amide bonds. The molecule has 0 radical (unpaired) electrons. The van der Waals surface area contributed by atoms with E-state index in [2.05, 4.69) is 20.9 Å². The molecule has 12 N–H and O–H groups in total. The normalized spacial score (nSPS) is 10.7. The lowest BCUT2D eigenvalue weighted by Gasteiger charge is -2.26. The standard InChI is InChI=1S/C28H36N8O5.C2HF3O2.CHF3.CH2O2/c1-16(2)34-25-27(41)36(13-23(39)32-11-17-4-6-18(7-5-17)24(30)31)22(12-33-25)19-8-20(10-21(29)9-19)26(40)35-28(3,14-37)15-38;3-2(4,5)1(6)7;2-1(3)4;2-1-3/h4-10,12,16,37-38H,11,13-15,29H2,1-3H3,(H3,30,31)(H,32,39)(H,33,34)(H,35,40);(H,6,7);1H;1H,(H,2,3). The number of carboxylic acid groups (broad SMARTS) is 2. The predicted octanol–water partition coefficient (Wildman–Crippen LogP) is 1.90. The van der Waals surface area contributed by atoms with Crippen molar-refractivity contribution in [3.63, 3.8) is 0 Å². The van der Waals surface area contributed by atoms with Crippen molar-refractivity contribution in [3.8, 4) is 11.3 Å². The van der Waals surface area contributed by atoms with Crippen molar-refractivity contribution in [1.82, 2.24) is 20.2 Å². The number of halogens is 6. The van der Waals surface area contributed by atoms with Crippen molar-refractivity contribution in [2.24, 2.45) is 5.73 Å². The minimum atomic E-state index is -5.08. The molecule has 3 aromatic rings. The van der Waals surface area contributed by atoms with Crippen molar-refractivity contribution in [2.45, 2.75) is 58.3 Å². The topological polar surface area (TPSA) is 296 Å². The summed E-state index contributed by atoms with van der Waals surface area (Å²) in [5.41, 5.74) is 12.0. The van der Waals surface area contributed by atoms with Gasteiger partial charge in [-0.15, -0.1) is 0 Å². The number of alkyl halides is 6. The number of carbonyl (C=O) groups is 4. The zero-order valence-electron chi connectivity index (χ0n) is 29.3. The van der Waals surface area contributed by atoms with Crippen LogP contribution in [0.25, 0.3) is 11.3 Å². The largest absolute Gasteiger partial charge is 0.490 e. The average molecular weight is 795 g/mol. The number of anilines is 2. The summed E-state index contributed by atoms with van der Waals surface area (Å²) in [5, 5.41) is 48.9. The van der Waals surface area contributed by atoms with Crippen LogP contribution in [0.5, 0.6) is 0 Å². The zero-order valence-corrected chi connectivity index (χ0v) is 29.3. The van der Waals surface area contributed by atoms with Crippen LogP contribution in [-0.2, 0) is 27.5 Å². The molecule has 0 aliphatic heterocycles. The summed E-state index contributed by atoms with van der Waals surface area (Å²) in [6.45, 7) is 0.106. The molecule has 0 unspecified atom stereocenters. The van der Waals surface area contributed by atoms with Gasteiger partial charge in [-0.25, -0.2) is 9.78 Å². The van der Waals surface area contributed by atoms with Gasteiger partial charge in [0.1, 0.15) is 12.4 Å². The first kappa shape index (κ1) is 48.8. The molecule has 0 saturated heterocycles. The van der Waals surface area contributed by atoms with Gasteiger partial charge in [0.2, 0.25) is 5.91 Å². The van der Waals surface area contributed by atoms with E-state index in [0.29, 0.717) is 11.1 Å². The van der Waals surface area contributed by atoms with Crippen LogP contribution >= 0.6 is 0 Å². The summed E-state index contributed by atoms with van der Waals surface area (Å²) in [4.78, 5) is 60.9. The molecule has 0 spiro atoms. The quantitative estimate of drug-likeness (QED) is 0.0413. The summed E-state index contributed by atoms with van der Waals surface area (Å²) in [7, 11) is 0. The van der Waals surface area contributed by atoms with Gasteiger partial charge in [0, 0.05) is 35.0 Å². The van der Waals surface area contributed by atoms with Crippen LogP contribution in [0.2, 0.25) is 0 Å². The number of aliphatic carboxylic acids is 1. The van der Waals surface area contributed by atoms with Gasteiger partial charge in [0.15, 0.2) is 5.82 Å². The molecule has 0 fully saturated rings. The fraction of sp³-hybridized carbons (Fsp3) is 0.344. The van der Waals surface area contributed by atoms with E-state index in [4.69, 9.17) is 36.7 Å². The van der Waals surface area contributed by atoms with Gasteiger partial charge in [-0.3, -0.25) is 29.2 Å². The Labute approximate surface area is 308 Å². The summed E-state index contributed by atoms with van der Waals surface area (Å²) >= 11 is 0. The summed E-state index contributed by atoms with van der Waals surface area (Å²) in [6.07, 6.45) is -3.66. The lowest BCUT2D eigenvalue weighted by Crippen LogP contribution is -2.51. The number of nitrogens with two attached hydrogens (primary N) is 2. The second kappa shape index (κ2) is 22.8. The van der Waals surface area contributed by atoms with Gasteiger partial charge in [0.05, 0.1) is 30.6 Å². The first-order chi connectivity index (χ1) is 25.4. The molecule has 0 bridgehead atoms. The van der Waals surface area contributed by atoms with E-state index in [1.807, 2.05) is 13.8 Å². The van der Waals surface area contributed by atoms with Crippen LogP contribution in [0.1, 0.15) is 42.3 Å². The van der Waals surface area contributed by atoms with Crippen LogP contribution in [-0.4, -0.2) is 97.7 Å². The summed E-state index contributed by atoms with van der Waals surface area (Å²) in [6, 6.07) is 11.2. The van der Waals surface area contributed by atoms with Crippen LogP contribution in [0, 0.1) is 5.41 Å². The minimum Gasteiger partial charge on any atom is -0.483 e. The van der Waals surface area contributed by atoms with E-state index in [-0.39, 0.29) is 54.2 Å². The molecule has 1 aromatic heterocycles. The van der Waals surface area contributed by atoms with Crippen LogP contribution in [0.4, 0.5) is 37.8 Å². The molecule has 17 nitrogen and oxygen atoms in total. The van der Waals surface area contributed by atoms with Crippen LogP contribution in [0.15, 0.2) is 53.5 Å². The monoisotopic (exact) mass is 794 g/mol. The number of amidine groups is 1. The lowest BCUT2D eigenvalue weighted by molar-refractivity contribution is -0.192. The number of rotatable bonds is 12. The number of amides is 2. The maximum Gasteiger partial charge on any atom is 0.490 e. The first-order valence-electron chi connectivity index (χ1n) is 15.3. The molecule has 0 saturated carbocycles. The number of aliphatic hydroxyl groups excluding tert-OH is 2. The minimum absolute atomic E-state index is 0.0555. The maximum absolute atomic E-state index is 13.4. The second-order valence-corrected chi connectivity index (χ2v) is 11.4. The number of nitrogens with zero attached hydrogens (tertiary/aromatic N) is 2. The number of hydrogen-bond donors (Lipinski definition) is 10. The van der Waals surface area contributed by atoms with Crippen molar-refractivity contribution < 1.29 is 65.9 Å². The Bertz CT molecular complexity index is 1800. The maximum atomic E-state index is 13.4. The first-order valence-corrected chi connectivity index (χ1v) is 15.3. The smallest absolute Gasteiger partial charge is 0.483 e. The average Bonchev–Trinajstić information content (AvgIpc) is 3.08. The SMILES string of the molecule is CC(C)Nc1ncc(-c2cc(N)cc(C(=O)NC(C)(CO)CO)c2)n(CC(=O)NCc2ccc(C(=N)N)cc2)c1=O.FC(F)F.O=C(O)C(F)(F)F.O=CO. The number of aliphatic hydroxyl groups is 2. The molecule has 0 atom stereocenters. The number of benzene rings is 2. The van der Waals surface area contributed by atoms with E-state index in [1.54, 1.807) is 30.3 Å². The van der Waals surface area contributed by atoms with Gasteiger partial charge in [-0.1, -0.05) is 24.3 Å². The van der Waals surface area contributed by atoms with E-state index in [1.165, 1.54) is 29.8 Å². The van der Waals surface area contributed by atoms with Crippen molar-refractivity contribution in [3.05, 3.63) is 75.7 Å². The van der Waals surface area contributed by atoms with Crippen molar-refractivity contribution in [1.29, 1.82) is 5.41 Å². The van der Waals surface area contributed by atoms with Gasteiger partial charge >= 0.3 is 18.8 Å². The molecule has 0 aliphatic carbocycles. The van der Waals surface area contributed by atoms with Gasteiger partial charge < -0.3 is 47.8 Å². The Balaban J connectivity index is 0.00000178. The second-order valence-electron chi connectivity index (χ2n) is 11.4. The van der Waals surface area contributed by atoms with Gasteiger partial charge in [-0.05, 0) is 44.5 Å². The molecule has 23 heteroatoms. The fourth-order valence-electron chi connectivity index (χ4n) is 3.86. The molecule has 304 valence electrons. The van der Waals surface area contributed by atoms with Crippen molar-refractivity contribution in [2.75, 3.05) is 24.3 Å². The molecular weight excluding hydrogens is 754 g/mol. The number of carbonyl (C=O) groups excluding carboxylic acids is 2. The Kier molecular flexibility index (Phi) is 20.2. The zero-order chi connectivity index (χ0) is 42.7. The van der Waals surface area contributed by atoms with E-state index < -0.39 is 55.0 Å². The molecular formula is C32H40F6N8O9. The fourth-order valence-corrected chi connectivity index (χ4v) is 3.86. The Morgan fingerprint density at radius 2 is 1.53 bits per heavy atom. The summed E-state index contributed by atoms with van der Waals surface area (Å²) in [5.74, 6) is -3.81. The Hall–Kier alpha value is -6.23. The number of nitrogens with one attached hydrogen (secondary N) is 4. The van der Waals surface area contributed by atoms with E-state index in [9.17, 15) is 50.9 Å².